The van der Waals surface area contributed by atoms with Crippen molar-refractivity contribution < 1.29 is 14.5 Å². The van der Waals surface area contributed by atoms with Crippen molar-refractivity contribution >= 4 is 6.09 Å². The lowest BCUT2D eigenvalue weighted by Gasteiger charge is -2.38. The number of ether oxygens (including phenoxy) is 1. The molecule has 1 amide bonds. The topological polar surface area (TPSA) is 99.7 Å². The number of nitro groups is 1. The third kappa shape index (κ3) is 4.25. The summed E-state index contributed by atoms with van der Waals surface area (Å²) in [7, 11) is 0. The van der Waals surface area contributed by atoms with Crippen LogP contribution in [0.3, 0.4) is 0 Å². The average Bonchev–Trinajstić information content (AvgIpc) is 2.52. The van der Waals surface area contributed by atoms with Crippen molar-refractivity contribution in [2.75, 3.05) is 26.2 Å². The zero-order valence-corrected chi connectivity index (χ0v) is 14.2. The standard InChI is InChI=1S/C16H22N4O4/c1-16(2,3)24-15(21)19-8-6-18(7-9-19)14-5-4-13(20(22)23)10-12(14)11-17/h5,10,13H,4,6-9H2,1-3H3. The average molecular weight is 334 g/mol. The highest BCUT2D eigenvalue weighted by Crippen LogP contribution is 2.25. The fourth-order valence-corrected chi connectivity index (χ4v) is 2.69. The lowest BCUT2D eigenvalue weighted by Crippen LogP contribution is -2.50. The molecule has 1 heterocycles. The van der Waals surface area contributed by atoms with E-state index in [4.69, 9.17) is 4.74 Å². The van der Waals surface area contributed by atoms with Crippen molar-refractivity contribution in [3.8, 4) is 6.07 Å². The van der Waals surface area contributed by atoms with E-state index in [9.17, 15) is 20.2 Å². The smallest absolute Gasteiger partial charge is 0.410 e. The van der Waals surface area contributed by atoms with E-state index >= 15 is 0 Å². The molecular formula is C16H22N4O4. The molecule has 2 rings (SSSR count). The van der Waals surface area contributed by atoms with E-state index < -0.39 is 11.6 Å². The van der Waals surface area contributed by atoms with Gasteiger partial charge in [0.25, 0.3) is 0 Å². The summed E-state index contributed by atoms with van der Waals surface area (Å²) < 4.78 is 5.36. The molecule has 8 heteroatoms. The molecule has 0 N–H and O–H groups in total. The molecule has 0 bridgehead atoms. The second-order valence-corrected chi connectivity index (χ2v) is 6.82. The molecular weight excluding hydrogens is 312 g/mol. The van der Waals surface area contributed by atoms with Crippen LogP contribution in [-0.2, 0) is 4.74 Å². The van der Waals surface area contributed by atoms with Crippen LogP contribution in [0.5, 0.6) is 0 Å². The van der Waals surface area contributed by atoms with Gasteiger partial charge in [-0.1, -0.05) is 6.08 Å². The van der Waals surface area contributed by atoms with Crippen LogP contribution in [0.4, 0.5) is 4.79 Å². The SMILES string of the molecule is CC(C)(C)OC(=O)N1CCN(C2=CCC([N+](=O)[O-])C=C2C#N)CC1. The van der Waals surface area contributed by atoms with Crippen LogP contribution >= 0.6 is 0 Å². The molecule has 0 aromatic heterocycles. The zero-order chi connectivity index (χ0) is 17.9. The normalized spacial score (nSPS) is 21.5. The molecule has 1 aliphatic heterocycles. The van der Waals surface area contributed by atoms with Gasteiger partial charge in [-0.05, 0) is 20.8 Å². The third-order valence-corrected chi connectivity index (χ3v) is 3.85. The van der Waals surface area contributed by atoms with Crippen LogP contribution in [0, 0.1) is 21.4 Å². The molecule has 1 saturated heterocycles. The lowest BCUT2D eigenvalue weighted by molar-refractivity contribution is -0.508. The summed E-state index contributed by atoms with van der Waals surface area (Å²) >= 11 is 0. The van der Waals surface area contributed by atoms with Crippen molar-refractivity contribution in [1.29, 1.82) is 5.26 Å². The summed E-state index contributed by atoms with van der Waals surface area (Å²) in [6.07, 6.45) is 3.09. The van der Waals surface area contributed by atoms with E-state index in [0.717, 1.165) is 5.70 Å². The first kappa shape index (κ1) is 17.8. The van der Waals surface area contributed by atoms with E-state index in [1.807, 2.05) is 31.7 Å². The Bertz CT molecular complexity index is 619. The van der Waals surface area contributed by atoms with Gasteiger partial charge in [-0.3, -0.25) is 10.1 Å². The quantitative estimate of drug-likeness (QED) is 0.565. The number of carbonyl (C=O) groups excluding carboxylic acids is 1. The largest absolute Gasteiger partial charge is 0.444 e. The fraction of sp³-hybridized carbons (Fsp3) is 0.625. The molecule has 24 heavy (non-hydrogen) atoms. The number of nitriles is 1. The van der Waals surface area contributed by atoms with E-state index in [-0.39, 0.29) is 17.4 Å². The molecule has 130 valence electrons. The van der Waals surface area contributed by atoms with Gasteiger partial charge < -0.3 is 14.5 Å². The highest BCUT2D eigenvalue weighted by Gasteiger charge is 2.30. The molecule has 1 fully saturated rings. The van der Waals surface area contributed by atoms with Gasteiger partial charge in [-0.25, -0.2) is 4.79 Å². The molecule has 1 aliphatic carbocycles. The number of hydrogen-bond acceptors (Lipinski definition) is 6. The molecule has 0 aromatic rings. The number of piperazine rings is 1. The summed E-state index contributed by atoms with van der Waals surface area (Å²) in [5.74, 6) is 0. The second-order valence-electron chi connectivity index (χ2n) is 6.82. The fourth-order valence-electron chi connectivity index (χ4n) is 2.69. The van der Waals surface area contributed by atoms with Gasteiger partial charge in [0, 0.05) is 43.6 Å². The first-order valence-corrected chi connectivity index (χ1v) is 7.90. The molecule has 0 aromatic carbocycles. The Morgan fingerprint density at radius 1 is 1.38 bits per heavy atom. The number of amides is 1. The summed E-state index contributed by atoms with van der Waals surface area (Å²) in [5, 5.41) is 20.1. The highest BCUT2D eigenvalue weighted by molar-refractivity contribution is 5.68. The second kappa shape index (κ2) is 6.91. The molecule has 2 aliphatic rings. The van der Waals surface area contributed by atoms with Crippen molar-refractivity contribution in [2.45, 2.75) is 38.8 Å². The Kier molecular flexibility index (Phi) is 5.12. The van der Waals surface area contributed by atoms with Gasteiger partial charge in [0.2, 0.25) is 6.04 Å². The monoisotopic (exact) mass is 334 g/mol. The van der Waals surface area contributed by atoms with Crippen LogP contribution < -0.4 is 0 Å². The summed E-state index contributed by atoms with van der Waals surface area (Å²) in [6, 6.07) is 1.20. The number of rotatable bonds is 2. The number of allylic oxidation sites excluding steroid dienone is 1. The van der Waals surface area contributed by atoms with Gasteiger partial charge in [0.1, 0.15) is 11.7 Å². The van der Waals surface area contributed by atoms with Crippen LogP contribution in [0.15, 0.2) is 23.4 Å². The van der Waals surface area contributed by atoms with Crippen LogP contribution in [0.25, 0.3) is 0 Å². The minimum Gasteiger partial charge on any atom is -0.444 e. The van der Waals surface area contributed by atoms with Gasteiger partial charge in [-0.2, -0.15) is 5.26 Å². The summed E-state index contributed by atoms with van der Waals surface area (Å²) in [5.41, 5.74) is 0.516. The molecule has 0 radical (unpaired) electrons. The molecule has 0 saturated carbocycles. The number of carbonyl (C=O) groups is 1. The van der Waals surface area contributed by atoms with E-state index in [2.05, 4.69) is 0 Å². The van der Waals surface area contributed by atoms with E-state index in [1.165, 1.54) is 6.08 Å². The Hall–Kier alpha value is -2.56. The Morgan fingerprint density at radius 3 is 2.50 bits per heavy atom. The number of hydrogen-bond donors (Lipinski definition) is 0. The van der Waals surface area contributed by atoms with Gasteiger partial charge in [0.05, 0.1) is 11.3 Å². The number of nitrogens with zero attached hydrogens (tertiary/aromatic N) is 4. The maximum Gasteiger partial charge on any atom is 0.410 e. The van der Waals surface area contributed by atoms with Crippen molar-refractivity contribution in [2.24, 2.45) is 0 Å². The summed E-state index contributed by atoms with van der Waals surface area (Å²) in [4.78, 5) is 26.2. The van der Waals surface area contributed by atoms with E-state index in [0.29, 0.717) is 31.8 Å². The van der Waals surface area contributed by atoms with Gasteiger partial charge in [0.15, 0.2) is 0 Å². The molecule has 1 atom stereocenters. The minimum atomic E-state index is -0.841. The van der Waals surface area contributed by atoms with Crippen molar-refractivity contribution in [3.63, 3.8) is 0 Å². The van der Waals surface area contributed by atoms with Gasteiger partial charge >= 0.3 is 6.09 Å². The molecule has 1 unspecified atom stereocenters. The maximum absolute atomic E-state index is 12.1. The zero-order valence-electron chi connectivity index (χ0n) is 14.2. The molecule has 0 spiro atoms. The van der Waals surface area contributed by atoms with Crippen LogP contribution in [-0.4, -0.2) is 58.6 Å². The Balaban J connectivity index is 1.98. The van der Waals surface area contributed by atoms with Crippen molar-refractivity contribution in [1.82, 2.24) is 9.80 Å². The summed E-state index contributed by atoms with van der Waals surface area (Å²) in [6.45, 7) is 7.57. The van der Waals surface area contributed by atoms with E-state index in [1.54, 1.807) is 11.0 Å². The predicted octanol–water partition coefficient (Wildman–Crippen LogP) is 1.92. The highest BCUT2D eigenvalue weighted by atomic mass is 16.6. The maximum atomic E-state index is 12.1. The van der Waals surface area contributed by atoms with Crippen LogP contribution in [0.1, 0.15) is 27.2 Å². The predicted molar refractivity (Wildman–Crippen MR) is 86.6 cm³/mol. The van der Waals surface area contributed by atoms with Crippen molar-refractivity contribution in [3.05, 3.63) is 33.5 Å². The van der Waals surface area contributed by atoms with Gasteiger partial charge in [-0.15, -0.1) is 0 Å². The van der Waals surface area contributed by atoms with Crippen LogP contribution in [0.2, 0.25) is 0 Å². The Labute approximate surface area is 141 Å². The molecule has 8 nitrogen and oxygen atoms in total. The Morgan fingerprint density at radius 2 is 2.00 bits per heavy atom. The third-order valence-electron chi connectivity index (χ3n) is 3.85. The first-order valence-electron chi connectivity index (χ1n) is 7.90. The minimum absolute atomic E-state index is 0.278. The lowest BCUT2D eigenvalue weighted by atomic mass is 9.99. The first-order chi connectivity index (χ1) is 11.2.